The van der Waals surface area contributed by atoms with E-state index >= 15 is 0 Å². The van der Waals surface area contributed by atoms with Crippen molar-refractivity contribution >= 4 is 23.5 Å². The molecule has 3 heterocycles. The summed E-state index contributed by atoms with van der Waals surface area (Å²) in [7, 11) is 0. The minimum absolute atomic E-state index is 0.177. The lowest BCUT2D eigenvalue weighted by Crippen LogP contribution is -2.46. The van der Waals surface area contributed by atoms with Gasteiger partial charge in [0.2, 0.25) is 11.9 Å². The molecule has 3 aromatic rings. The van der Waals surface area contributed by atoms with Crippen molar-refractivity contribution in [3.8, 4) is 11.3 Å². The van der Waals surface area contributed by atoms with Gasteiger partial charge in [-0.2, -0.15) is 10.1 Å². The molecule has 1 atom stereocenters. The predicted octanol–water partition coefficient (Wildman–Crippen LogP) is 3.94. The number of carbonyl (C=O) groups excluding carboxylic acids is 1. The van der Waals surface area contributed by atoms with Crippen LogP contribution in [0.1, 0.15) is 44.4 Å². The SMILES string of the molecule is CCN(CC)C(=O)[C@H]1CCCN1c1nc2c(c(Nc3cc(-c4ccccc4)[nH]n3)n1)CCC2. The molecule has 172 valence electrons. The van der Waals surface area contributed by atoms with Gasteiger partial charge in [-0.05, 0) is 51.5 Å². The highest BCUT2D eigenvalue weighted by Crippen LogP contribution is 2.33. The number of fused-ring (bicyclic) bond motifs is 1. The molecule has 1 aromatic carbocycles. The maximum Gasteiger partial charge on any atom is 0.245 e. The van der Waals surface area contributed by atoms with Crippen molar-refractivity contribution in [2.45, 2.75) is 52.0 Å². The average Bonchev–Trinajstić information content (AvgIpc) is 3.60. The Kier molecular flexibility index (Phi) is 5.98. The molecule has 0 spiro atoms. The Morgan fingerprint density at radius 2 is 1.97 bits per heavy atom. The van der Waals surface area contributed by atoms with Gasteiger partial charge in [0.15, 0.2) is 5.82 Å². The summed E-state index contributed by atoms with van der Waals surface area (Å²) in [5, 5.41) is 11.0. The summed E-state index contributed by atoms with van der Waals surface area (Å²) < 4.78 is 0. The molecule has 1 aliphatic carbocycles. The smallest absolute Gasteiger partial charge is 0.245 e. The molecule has 0 bridgehead atoms. The van der Waals surface area contributed by atoms with Crippen LogP contribution in [0.5, 0.6) is 0 Å². The van der Waals surface area contributed by atoms with E-state index in [2.05, 4.69) is 32.5 Å². The highest BCUT2D eigenvalue weighted by atomic mass is 16.2. The molecule has 0 unspecified atom stereocenters. The van der Waals surface area contributed by atoms with Crippen molar-refractivity contribution in [3.05, 3.63) is 47.7 Å². The number of anilines is 3. The van der Waals surface area contributed by atoms with E-state index in [-0.39, 0.29) is 11.9 Å². The molecule has 1 aliphatic heterocycles. The van der Waals surface area contributed by atoms with Crippen LogP contribution in [-0.2, 0) is 17.6 Å². The summed E-state index contributed by atoms with van der Waals surface area (Å²) in [6, 6.07) is 11.9. The van der Waals surface area contributed by atoms with Gasteiger partial charge in [0, 0.05) is 31.3 Å². The number of benzene rings is 1. The Labute approximate surface area is 194 Å². The molecule has 1 fully saturated rings. The number of hydrogen-bond donors (Lipinski definition) is 2. The van der Waals surface area contributed by atoms with E-state index in [1.807, 2.05) is 43.0 Å². The number of rotatable bonds is 7. The van der Waals surface area contributed by atoms with Gasteiger partial charge in [-0.15, -0.1) is 0 Å². The average molecular weight is 446 g/mol. The lowest BCUT2D eigenvalue weighted by molar-refractivity contribution is -0.132. The van der Waals surface area contributed by atoms with Crippen molar-refractivity contribution in [1.29, 1.82) is 0 Å². The molecule has 8 nitrogen and oxygen atoms in total. The first kappa shape index (κ1) is 21.4. The lowest BCUT2D eigenvalue weighted by Gasteiger charge is -2.29. The highest BCUT2D eigenvalue weighted by molar-refractivity contribution is 5.85. The zero-order chi connectivity index (χ0) is 22.8. The summed E-state index contributed by atoms with van der Waals surface area (Å²) >= 11 is 0. The van der Waals surface area contributed by atoms with Crippen molar-refractivity contribution < 1.29 is 4.79 Å². The van der Waals surface area contributed by atoms with Crippen LogP contribution < -0.4 is 10.2 Å². The zero-order valence-corrected chi connectivity index (χ0v) is 19.3. The fraction of sp³-hybridized carbons (Fsp3) is 0.440. The van der Waals surface area contributed by atoms with Crippen LogP contribution in [-0.4, -0.2) is 56.6 Å². The fourth-order valence-corrected chi connectivity index (χ4v) is 4.93. The minimum atomic E-state index is -0.188. The van der Waals surface area contributed by atoms with Crippen molar-refractivity contribution in [2.75, 3.05) is 29.9 Å². The van der Waals surface area contributed by atoms with Gasteiger partial charge in [0.25, 0.3) is 0 Å². The number of carbonyl (C=O) groups is 1. The lowest BCUT2D eigenvalue weighted by atomic mass is 10.1. The Balaban J connectivity index is 1.43. The molecule has 1 saturated heterocycles. The topological polar surface area (TPSA) is 90.0 Å². The third kappa shape index (κ3) is 4.17. The van der Waals surface area contributed by atoms with Crippen molar-refractivity contribution in [2.24, 2.45) is 0 Å². The third-order valence-electron chi connectivity index (χ3n) is 6.70. The number of nitrogens with one attached hydrogen (secondary N) is 2. The first-order valence-corrected chi connectivity index (χ1v) is 12.0. The molecule has 2 N–H and O–H groups in total. The number of likely N-dealkylation sites (N-methyl/N-ethyl adjacent to an activating group) is 1. The van der Waals surface area contributed by atoms with Crippen LogP contribution in [0, 0.1) is 0 Å². The monoisotopic (exact) mass is 445 g/mol. The normalized spacial score (nSPS) is 17.3. The largest absolute Gasteiger partial charge is 0.341 e. The Morgan fingerprint density at radius 1 is 1.15 bits per heavy atom. The summed E-state index contributed by atoms with van der Waals surface area (Å²) in [5.41, 5.74) is 4.28. The Bertz CT molecular complexity index is 1120. The number of nitrogens with zero attached hydrogens (tertiary/aromatic N) is 5. The van der Waals surface area contributed by atoms with E-state index in [9.17, 15) is 4.79 Å². The Hall–Kier alpha value is -3.42. The summed E-state index contributed by atoms with van der Waals surface area (Å²) in [5.74, 6) is 2.36. The second kappa shape index (κ2) is 9.21. The van der Waals surface area contributed by atoms with Crippen LogP contribution in [0.4, 0.5) is 17.6 Å². The van der Waals surface area contributed by atoms with Crippen molar-refractivity contribution in [3.63, 3.8) is 0 Å². The highest BCUT2D eigenvalue weighted by Gasteiger charge is 2.35. The fourth-order valence-electron chi connectivity index (χ4n) is 4.93. The van der Waals surface area contributed by atoms with Gasteiger partial charge in [-0.3, -0.25) is 9.89 Å². The first-order chi connectivity index (χ1) is 16.2. The number of amides is 1. The minimum Gasteiger partial charge on any atom is -0.341 e. The quantitative estimate of drug-likeness (QED) is 0.573. The Morgan fingerprint density at radius 3 is 2.76 bits per heavy atom. The predicted molar refractivity (Wildman–Crippen MR) is 130 cm³/mol. The van der Waals surface area contributed by atoms with Crippen LogP contribution >= 0.6 is 0 Å². The molecular weight excluding hydrogens is 414 g/mol. The van der Waals surface area contributed by atoms with E-state index < -0.39 is 0 Å². The van der Waals surface area contributed by atoms with E-state index in [0.717, 1.165) is 85.9 Å². The number of H-pyrrole nitrogens is 1. The van der Waals surface area contributed by atoms with Crippen molar-refractivity contribution in [1.82, 2.24) is 25.1 Å². The zero-order valence-electron chi connectivity index (χ0n) is 19.3. The molecule has 0 radical (unpaired) electrons. The van der Waals surface area contributed by atoms with Gasteiger partial charge in [0.1, 0.15) is 11.9 Å². The molecule has 2 aromatic heterocycles. The second-order valence-corrected chi connectivity index (χ2v) is 8.67. The summed E-state index contributed by atoms with van der Waals surface area (Å²) in [6.45, 7) is 6.31. The maximum atomic E-state index is 13.1. The molecule has 8 heteroatoms. The summed E-state index contributed by atoms with van der Waals surface area (Å²) in [4.78, 5) is 27.0. The molecule has 1 amide bonds. The van der Waals surface area contributed by atoms with Gasteiger partial charge in [0.05, 0.1) is 11.4 Å². The molecule has 0 saturated carbocycles. The van der Waals surface area contributed by atoms with Gasteiger partial charge in [-0.1, -0.05) is 30.3 Å². The molecule has 5 rings (SSSR count). The number of aromatic amines is 1. The molecular formula is C25H31N7O. The number of hydrogen-bond acceptors (Lipinski definition) is 6. The molecule has 2 aliphatic rings. The number of aromatic nitrogens is 4. The third-order valence-corrected chi connectivity index (χ3v) is 6.70. The first-order valence-electron chi connectivity index (χ1n) is 12.0. The maximum absolute atomic E-state index is 13.1. The van der Waals surface area contributed by atoms with Crippen LogP contribution in [0.2, 0.25) is 0 Å². The number of aryl methyl sites for hydroxylation is 1. The standard InChI is InChI=1S/C25H31N7O/c1-3-31(4-2)24(33)21-14-9-15-32(21)25-26-19-13-8-12-18(19)23(28-25)27-22-16-20(29-30-22)17-10-6-5-7-11-17/h5-7,10-11,16,21H,3-4,8-9,12-15H2,1-2H3,(H2,26,27,28,29,30)/t21-/m1/s1. The van der Waals surface area contributed by atoms with Gasteiger partial charge in [-0.25, -0.2) is 4.98 Å². The van der Waals surface area contributed by atoms with E-state index in [0.29, 0.717) is 5.95 Å². The van der Waals surface area contributed by atoms with E-state index in [1.54, 1.807) is 0 Å². The second-order valence-electron chi connectivity index (χ2n) is 8.67. The van der Waals surface area contributed by atoms with E-state index in [4.69, 9.17) is 9.97 Å². The van der Waals surface area contributed by atoms with Crippen LogP contribution in [0.15, 0.2) is 36.4 Å². The molecule has 33 heavy (non-hydrogen) atoms. The van der Waals surface area contributed by atoms with Gasteiger partial charge >= 0.3 is 0 Å². The van der Waals surface area contributed by atoms with E-state index in [1.165, 1.54) is 0 Å². The van der Waals surface area contributed by atoms with Crippen LogP contribution in [0.3, 0.4) is 0 Å². The van der Waals surface area contributed by atoms with Crippen LogP contribution in [0.25, 0.3) is 11.3 Å². The summed E-state index contributed by atoms with van der Waals surface area (Å²) in [6.07, 6.45) is 4.78. The van der Waals surface area contributed by atoms with Gasteiger partial charge < -0.3 is 15.1 Å².